The van der Waals surface area contributed by atoms with Gasteiger partial charge in [-0.15, -0.1) is 24.0 Å². The fourth-order valence-electron chi connectivity index (χ4n) is 1.90. The number of carbonyl (C=O) groups excluding carboxylic acids is 1. The highest BCUT2D eigenvalue weighted by Crippen LogP contribution is 2.04. The van der Waals surface area contributed by atoms with Crippen LogP contribution in [-0.2, 0) is 11.3 Å². The summed E-state index contributed by atoms with van der Waals surface area (Å²) in [6.45, 7) is 7.05. The van der Waals surface area contributed by atoms with Crippen LogP contribution in [0.2, 0.25) is 0 Å². The Labute approximate surface area is 161 Å². The summed E-state index contributed by atoms with van der Waals surface area (Å²) < 4.78 is 5.55. The number of amides is 1. The quantitative estimate of drug-likeness (QED) is 0.234. The van der Waals surface area contributed by atoms with Gasteiger partial charge < -0.3 is 21.1 Å². The number of rotatable bonds is 9. The first kappa shape index (κ1) is 22.6. The predicted molar refractivity (Wildman–Crippen MR) is 109 cm³/mol. The van der Waals surface area contributed by atoms with Gasteiger partial charge in [-0.1, -0.05) is 26.0 Å². The lowest BCUT2D eigenvalue weighted by Crippen LogP contribution is -2.38. The fraction of sp³-hybridized carbons (Fsp3) is 0.529. The van der Waals surface area contributed by atoms with E-state index in [-0.39, 0.29) is 24.0 Å². The number of ether oxygens (including phenoxy) is 1. The number of halogens is 1. The van der Waals surface area contributed by atoms with E-state index >= 15 is 0 Å². The van der Waals surface area contributed by atoms with Gasteiger partial charge in [-0.25, -0.2) is 0 Å². The van der Waals surface area contributed by atoms with Crippen molar-refractivity contribution in [3.05, 3.63) is 35.4 Å². The summed E-state index contributed by atoms with van der Waals surface area (Å²) in [5.41, 5.74) is 6.75. The number of carbonyl (C=O) groups is 1. The Morgan fingerprint density at radius 1 is 1.29 bits per heavy atom. The van der Waals surface area contributed by atoms with Crippen molar-refractivity contribution in [1.29, 1.82) is 0 Å². The number of hydrogen-bond donors (Lipinski definition) is 3. The van der Waals surface area contributed by atoms with Crippen molar-refractivity contribution in [2.75, 3.05) is 26.8 Å². The summed E-state index contributed by atoms with van der Waals surface area (Å²) in [7, 11) is 1.72. The number of aliphatic imine (C=N–C) groups is 1. The molecular formula is C17H29IN4O2. The van der Waals surface area contributed by atoms with Crippen LogP contribution in [0.25, 0.3) is 0 Å². The average molecular weight is 448 g/mol. The monoisotopic (exact) mass is 448 g/mol. The second-order valence-electron chi connectivity index (χ2n) is 5.71. The Bertz CT molecular complexity index is 521. The lowest BCUT2D eigenvalue weighted by Gasteiger charge is -2.13. The van der Waals surface area contributed by atoms with Crippen LogP contribution in [0.15, 0.2) is 29.3 Å². The summed E-state index contributed by atoms with van der Waals surface area (Å²) in [6.07, 6.45) is 1.07. The van der Waals surface area contributed by atoms with Crippen molar-refractivity contribution < 1.29 is 9.53 Å². The van der Waals surface area contributed by atoms with E-state index in [4.69, 9.17) is 10.5 Å². The summed E-state index contributed by atoms with van der Waals surface area (Å²) >= 11 is 0. The van der Waals surface area contributed by atoms with Gasteiger partial charge in [0.25, 0.3) is 0 Å². The Morgan fingerprint density at radius 2 is 2.04 bits per heavy atom. The number of hydrogen-bond acceptors (Lipinski definition) is 3. The van der Waals surface area contributed by atoms with Gasteiger partial charge in [-0.3, -0.25) is 9.79 Å². The lowest BCUT2D eigenvalue weighted by atomic mass is 10.1. The molecule has 1 rings (SSSR count). The number of guanidine groups is 1. The van der Waals surface area contributed by atoms with Gasteiger partial charge in [0, 0.05) is 32.3 Å². The van der Waals surface area contributed by atoms with Crippen LogP contribution in [0.1, 0.15) is 36.2 Å². The molecule has 7 heteroatoms. The fourth-order valence-corrected chi connectivity index (χ4v) is 1.90. The van der Waals surface area contributed by atoms with Crippen molar-refractivity contribution in [2.24, 2.45) is 16.6 Å². The molecule has 0 heterocycles. The number of primary amides is 1. The molecular weight excluding hydrogens is 419 g/mol. The molecule has 0 fully saturated rings. The summed E-state index contributed by atoms with van der Waals surface area (Å²) in [4.78, 5) is 15.3. The highest BCUT2D eigenvalue weighted by atomic mass is 127. The van der Waals surface area contributed by atoms with E-state index in [9.17, 15) is 4.79 Å². The van der Waals surface area contributed by atoms with E-state index in [1.165, 1.54) is 0 Å². The van der Waals surface area contributed by atoms with Crippen molar-refractivity contribution in [3.8, 4) is 0 Å². The molecule has 0 atom stereocenters. The maximum absolute atomic E-state index is 11.2. The van der Waals surface area contributed by atoms with Gasteiger partial charge in [0.1, 0.15) is 0 Å². The van der Waals surface area contributed by atoms with Crippen LogP contribution in [-0.4, -0.2) is 38.7 Å². The highest BCUT2D eigenvalue weighted by Gasteiger charge is 2.02. The molecule has 6 nitrogen and oxygen atoms in total. The molecule has 0 saturated carbocycles. The molecule has 0 radical (unpaired) electrons. The molecule has 136 valence electrons. The van der Waals surface area contributed by atoms with Gasteiger partial charge >= 0.3 is 0 Å². The predicted octanol–water partition coefficient (Wildman–Crippen LogP) is 2.13. The van der Waals surface area contributed by atoms with Gasteiger partial charge in [-0.05, 0) is 30.0 Å². The van der Waals surface area contributed by atoms with Crippen LogP contribution < -0.4 is 16.4 Å². The van der Waals surface area contributed by atoms with Gasteiger partial charge in [-0.2, -0.15) is 0 Å². The van der Waals surface area contributed by atoms with Crippen LogP contribution in [0.3, 0.4) is 0 Å². The second kappa shape index (κ2) is 13.0. The zero-order valence-electron chi connectivity index (χ0n) is 14.7. The smallest absolute Gasteiger partial charge is 0.248 e. The molecule has 0 bridgehead atoms. The lowest BCUT2D eigenvalue weighted by molar-refractivity contribution is 0.1000. The van der Waals surface area contributed by atoms with Gasteiger partial charge in [0.05, 0.1) is 6.61 Å². The summed E-state index contributed by atoms with van der Waals surface area (Å²) in [5.74, 6) is 0.934. The molecule has 1 aromatic rings. The molecule has 0 aliphatic rings. The Hall–Kier alpha value is -1.35. The van der Waals surface area contributed by atoms with Gasteiger partial charge in [0.2, 0.25) is 5.91 Å². The minimum atomic E-state index is -0.423. The van der Waals surface area contributed by atoms with E-state index < -0.39 is 5.91 Å². The van der Waals surface area contributed by atoms with Crippen LogP contribution in [0.5, 0.6) is 0 Å². The molecule has 0 aliphatic carbocycles. The van der Waals surface area contributed by atoms with Gasteiger partial charge in [0.15, 0.2) is 5.96 Å². The second-order valence-corrected chi connectivity index (χ2v) is 5.71. The number of nitrogens with zero attached hydrogens (tertiary/aromatic N) is 1. The molecule has 0 aromatic heterocycles. The summed E-state index contributed by atoms with van der Waals surface area (Å²) in [5, 5.41) is 6.38. The Morgan fingerprint density at radius 3 is 2.67 bits per heavy atom. The van der Waals surface area contributed by atoms with Crippen molar-refractivity contribution in [1.82, 2.24) is 10.6 Å². The van der Waals surface area contributed by atoms with Crippen LogP contribution in [0.4, 0.5) is 0 Å². The van der Waals surface area contributed by atoms with E-state index in [0.29, 0.717) is 37.1 Å². The third-order valence-electron chi connectivity index (χ3n) is 3.27. The number of benzene rings is 1. The maximum atomic E-state index is 11.2. The number of nitrogens with two attached hydrogens (primary N) is 1. The van der Waals surface area contributed by atoms with E-state index in [2.05, 4.69) is 29.5 Å². The molecule has 0 unspecified atom stereocenters. The molecule has 4 N–H and O–H groups in total. The minimum absolute atomic E-state index is 0. The molecule has 0 spiro atoms. The maximum Gasteiger partial charge on any atom is 0.248 e. The first-order valence-corrected chi connectivity index (χ1v) is 7.94. The van der Waals surface area contributed by atoms with Crippen molar-refractivity contribution >= 4 is 35.8 Å². The third kappa shape index (κ3) is 9.71. The number of nitrogens with one attached hydrogen (secondary N) is 2. The molecule has 1 amide bonds. The standard InChI is InChI=1S/C17H28N4O2.HI/c1-13(2)7-9-23-10-8-20-17(19-3)21-12-14-5-4-6-15(11-14)16(18)22;/h4-6,11,13H,7-10,12H2,1-3H3,(H2,18,22)(H2,19,20,21);1H. The zero-order chi connectivity index (χ0) is 17.1. The summed E-state index contributed by atoms with van der Waals surface area (Å²) in [6, 6.07) is 7.22. The molecule has 1 aromatic carbocycles. The van der Waals surface area contributed by atoms with Crippen molar-refractivity contribution in [3.63, 3.8) is 0 Å². The Balaban J connectivity index is 0.00000529. The van der Waals surface area contributed by atoms with Crippen LogP contribution in [0, 0.1) is 5.92 Å². The van der Waals surface area contributed by atoms with E-state index in [0.717, 1.165) is 18.6 Å². The minimum Gasteiger partial charge on any atom is -0.380 e. The normalized spacial score (nSPS) is 11.1. The largest absolute Gasteiger partial charge is 0.380 e. The Kier molecular flexibility index (Phi) is 12.3. The average Bonchev–Trinajstić information content (AvgIpc) is 2.53. The van der Waals surface area contributed by atoms with E-state index in [1.54, 1.807) is 19.2 Å². The van der Waals surface area contributed by atoms with Crippen molar-refractivity contribution in [2.45, 2.75) is 26.8 Å². The first-order valence-electron chi connectivity index (χ1n) is 7.94. The molecule has 0 aliphatic heterocycles. The first-order chi connectivity index (χ1) is 11.0. The molecule has 24 heavy (non-hydrogen) atoms. The van der Waals surface area contributed by atoms with E-state index in [1.807, 2.05) is 12.1 Å². The SMILES string of the molecule is CN=C(NCCOCCC(C)C)NCc1cccc(C(N)=O)c1.I. The molecule has 0 saturated heterocycles. The highest BCUT2D eigenvalue weighted by molar-refractivity contribution is 14.0. The topological polar surface area (TPSA) is 88.7 Å². The van der Waals surface area contributed by atoms with Crippen LogP contribution >= 0.6 is 24.0 Å². The zero-order valence-corrected chi connectivity index (χ0v) is 17.0. The third-order valence-corrected chi connectivity index (χ3v) is 3.27.